The highest BCUT2D eigenvalue weighted by Crippen LogP contribution is 2.16. The quantitative estimate of drug-likeness (QED) is 0.142. The summed E-state index contributed by atoms with van der Waals surface area (Å²) in [5, 5.41) is 3.46. The fourth-order valence-corrected chi connectivity index (χ4v) is 3.10. The molecule has 0 radical (unpaired) electrons. The SMILES string of the molecule is [N-]=[N+]=NCCCCCC(=O)CCCCCC(=O)c1ccc(C(=O)CN)c(CN)c1. The highest BCUT2D eigenvalue weighted by molar-refractivity contribution is 6.01. The minimum absolute atomic E-state index is 0.0119. The van der Waals surface area contributed by atoms with Gasteiger partial charge in [-0.1, -0.05) is 30.1 Å². The lowest BCUT2D eigenvalue weighted by atomic mass is 9.96. The van der Waals surface area contributed by atoms with Crippen LogP contribution in [0.15, 0.2) is 23.3 Å². The second-order valence-corrected chi connectivity index (χ2v) is 6.99. The third kappa shape index (κ3) is 9.47. The Morgan fingerprint density at radius 1 is 0.897 bits per heavy atom. The maximum atomic E-state index is 12.4. The number of carbonyl (C=O) groups is 3. The van der Waals surface area contributed by atoms with E-state index in [2.05, 4.69) is 10.0 Å². The summed E-state index contributed by atoms with van der Waals surface area (Å²) >= 11 is 0. The number of carbonyl (C=O) groups excluding carboxylic acids is 3. The van der Waals surface area contributed by atoms with Crippen LogP contribution in [0.4, 0.5) is 0 Å². The lowest BCUT2D eigenvalue weighted by Crippen LogP contribution is -2.17. The lowest BCUT2D eigenvalue weighted by molar-refractivity contribution is -0.119. The maximum absolute atomic E-state index is 12.4. The fraction of sp³-hybridized carbons (Fsp3) is 0.571. The Bertz CT molecular complexity index is 742. The molecule has 158 valence electrons. The third-order valence-electron chi connectivity index (χ3n) is 4.77. The summed E-state index contributed by atoms with van der Waals surface area (Å²) in [5.41, 5.74) is 20.9. The van der Waals surface area contributed by atoms with E-state index >= 15 is 0 Å². The molecule has 8 nitrogen and oxygen atoms in total. The van der Waals surface area contributed by atoms with Crippen molar-refractivity contribution < 1.29 is 14.4 Å². The second kappa shape index (κ2) is 14.5. The number of hydrogen-bond donors (Lipinski definition) is 2. The number of rotatable bonds is 16. The van der Waals surface area contributed by atoms with Crippen LogP contribution in [0.1, 0.15) is 84.1 Å². The van der Waals surface area contributed by atoms with Crippen molar-refractivity contribution in [3.8, 4) is 0 Å². The zero-order valence-corrected chi connectivity index (χ0v) is 16.9. The van der Waals surface area contributed by atoms with E-state index in [1.54, 1.807) is 18.2 Å². The van der Waals surface area contributed by atoms with E-state index in [4.69, 9.17) is 17.0 Å². The van der Waals surface area contributed by atoms with Gasteiger partial charge in [0.15, 0.2) is 11.6 Å². The average molecular weight is 402 g/mol. The summed E-state index contributed by atoms with van der Waals surface area (Å²) in [7, 11) is 0. The van der Waals surface area contributed by atoms with Crippen molar-refractivity contribution >= 4 is 17.3 Å². The number of ketones is 3. The zero-order valence-electron chi connectivity index (χ0n) is 16.9. The van der Waals surface area contributed by atoms with Crippen LogP contribution in [0.5, 0.6) is 0 Å². The lowest BCUT2D eigenvalue weighted by Gasteiger charge is -2.08. The molecule has 0 aliphatic carbocycles. The highest BCUT2D eigenvalue weighted by Gasteiger charge is 2.13. The highest BCUT2D eigenvalue weighted by atomic mass is 16.1. The number of Topliss-reactive ketones (excluding diaryl/α,β-unsaturated/α-hetero) is 3. The average Bonchev–Trinajstić information content (AvgIpc) is 2.74. The van der Waals surface area contributed by atoms with Gasteiger partial charge in [-0.15, -0.1) is 0 Å². The first kappa shape index (κ1) is 24.5. The van der Waals surface area contributed by atoms with Crippen LogP contribution in [-0.2, 0) is 11.3 Å². The largest absolute Gasteiger partial charge is 0.326 e. The number of nitrogens with two attached hydrogens (primary N) is 2. The number of hydrogen-bond acceptors (Lipinski definition) is 6. The van der Waals surface area contributed by atoms with Gasteiger partial charge < -0.3 is 11.5 Å². The predicted molar refractivity (Wildman–Crippen MR) is 113 cm³/mol. The van der Waals surface area contributed by atoms with Crippen LogP contribution in [0.25, 0.3) is 10.4 Å². The van der Waals surface area contributed by atoms with Gasteiger partial charge >= 0.3 is 0 Å². The van der Waals surface area contributed by atoms with E-state index < -0.39 is 0 Å². The van der Waals surface area contributed by atoms with Crippen LogP contribution in [0, 0.1) is 0 Å². The molecule has 4 N–H and O–H groups in total. The van der Waals surface area contributed by atoms with Crippen molar-refractivity contribution in [3.63, 3.8) is 0 Å². The molecular weight excluding hydrogens is 370 g/mol. The minimum Gasteiger partial charge on any atom is -0.326 e. The van der Waals surface area contributed by atoms with Gasteiger partial charge in [-0.25, -0.2) is 0 Å². The summed E-state index contributed by atoms with van der Waals surface area (Å²) in [4.78, 5) is 38.7. The Labute approximate surface area is 171 Å². The molecule has 1 aromatic rings. The Kier molecular flexibility index (Phi) is 12.2. The Morgan fingerprint density at radius 2 is 1.55 bits per heavy atom. The molecule has 0 saturated carbocycles. The molecule has 0 spiro atoms. The molecule has 0 bridgehead atoms. The van der Waals surface area contributed by atoms with Gasteiger partial charge in [0.1, 0.15) is 5.78 Å². The Balaban J connectivity index is 2.27. The Morgan fingerprint density at radius 3 is 2.17 bits per heavy atom. The van der Waals surface area contributed by atoms with E-state index in [9.17, 15) is 14.4 Å². The number of nitrogens with zero attached hydrogens (tertiary/aromatic N) is 3. The second-order valence-electron chi connectivity index (χ2n) is 6.99. The van der Waals surface area contributed by atoms with Crippen LogP contribution in [0.2, 0.25) is 0 Å². The number of azide groups is 1. The summed E-state index contributed by atoms with van der Waals surface area (Å²) in [6.07, 6.45) is 6.35. The molecule has 8 heteroatoms. The monoisotopic (exact) mass is 401 g/mol. The van der Waals surface area contributed by atoms with Crippen LogP contribution in [-0.4, -0.2) is 30.4 Å². The van der Waals surface area contributed by atoms with Crippen LogP contribution in [0.3, 0.4) is 0 Å². The maximum Gasteiger partial charge on any atom is 0.176 e. The zero-order chi connectivity index (χ0) is 21.5. The molecule has 1 rings (SSSR count). The number of unbranched alkanes of at least 4 members (excludes halogenated alkanes) is 4. The van der Waals surface area contributed by atoms with Gasteiger partial charge in [0.25, 0.3) is 0 Å². The van der Waals surface area contributed by atoms with Crippen LogP contribution >= 0.6 is 0 Å². The molecule has 0 fully saturated rings. The van der Waals surface area contributed by atoms with Crippen molar-refractivity contribution in [1.29, 1.82) is 0 Å². The van der Waals surface area contributed by atoms with E-state index in [0.29, 0.717) is 42.5 Å². The smallest absolute Gasteiger partial charge is 0.176 e. The van der Waals surface area contributed by atoms with Crippen molar-refractivity contribution in [3.05, 3.63) is 45.3 Å². The summed E-state index contributed by atoms with van der Waals surface area (Å²) in [6.45, 7) is 0.572. The van der Waals surface area contributed by atoms with Crippen molar-refractivity contribution in [2.75, 3.05) is 13.1 Å². The van der Waals surface area contributed by atoms with Gasteiger partial charge in [-0.2, -0.15) is 0 Å². The normalized spacial score (nSPS) is 10.4. The molecule has 0 atom stereocenters. The van der Waals surface area contributed by atoms with Gasteiger partial charge in [0.2, 0.25) is 0 Å². The fourth-order valence-electron chi connectivity index (χ4n) is 3.10. The molecular formula is C21H31N5O3. The van der Waals surface area contributed by atoms with Crippen LogP contribution < -0.4 is 11.5 Å². The molecule has 0 aliphatic rings. The first-order valence-corrected chi connectivity index (χ1v) is 10.2. The van der Waals surface area contributed by atoms with Crippen molar-refractivity contribution in [1.82, 2.24) is 0 Å². The predicted octanol–water partition coefficient (Wildman–Crippen LogP) is 3.86. The first-order valence-electron chi connectivity index (χ1n) is 10.2. The summed E-state index contributed by atoms with van der Waals surface area (Å²) < 4.78 is 0. The van der Waals surface area contributed by atoms with E-state index in [-0.39, 0.29) is 30.4 Å². The molecule has 1 aromatic carbocycles. The van der Waals surface area contributed by atoms with Gasteiger partial charge in [-0.3, -0.25) is 14.4 Å². The van der Waals surface area contributed by atoms with Crippen molar-refractivity contribution in [2.24, 2.45) is 16.6 Å². The standard InChI is InChI=1S/C21H31N5O3/c22-14-17-13-16(10-11-19(17)21(29)15-23)20(28)9-5-1-3-7-18(27)8-4-2-6-12-25-26-24/h10-11,13H,1-9,12,14-15,22-23H2. The summed E-state index contributed by atoms with van der Waals surface area (Å²) in [6, 6.07) is 4.95. The third-order valence-corrected chi connectivity index (χ3v) is 4.77. The Hall–Kier alpha value is -2.54. The van der Waals surface area contributed by atoms with Crippen molar-refractivity contribution in [2.45, 2.75) is 64.3 Å². The molecule has 0 unspecified atom stereocenters. The van der Waals surface area contributed by atoms with Gasteiger partial charge in [0, 0.05) is 48.4 Å². The first-order chi connectivity index (χ1) is 14.0. The topological polar surface area (TPSA) is 152 Å². The molecule has 0 amide bonds. The molecule has 0 aromatic heterocycles. The van der Waals surface area contributed by atoms with E-state index in [0.717, 1.165) is 38.5 Å². The minimum atomic E-state index is -0.190. The van der Waals surface area contributed by atoms with E-state index in [1.807, 2.05) is 0 Å². The molecule has 0 saturated heterocycles. The molecule has 0 aliphatic heterocycles. The molecule has 29 heavy (non-hydrogen) atoms. The summed E-state index contributed by atoms with van der Waals surface area (Å²) in [5.74, 6) is 0.0652. The van der Waals surface area contributed by atoms with Gasteiger partial charge in [0.05, 0.1) is 6.54 Å². The number of benzene rings is 1. The molecule has 0 heterocycles. The van der Waals surface area contributed by atoms with E-state index in [1.165, 1.54) is 0 Å². The van der Waals surface area contributed by atoms with Gasteiger partial charge in [-0.05, 0) is 42.8 Å².